The van der Waals surface area contributed by atoms with Crippen molar-refractivity contribution in [2.75, 3.05) is 13.1 Å². The van der Waals surface area contributed by atoms with Crippen molar-refractivity contribution in [3.63, 3.8) is 0 Å². The Bertz CT molecular complexity index is 757. The Hall–Kier alpha value is -2.70. The zero-order valence-electron chi connectivity index (χ0n) is 13.2. The molecule has 0 unspecified atom stereocenters. The number of amides is 2. The number of piperidine rings is 1. The molecule has 2 saturated heterocycles. The molecule has 2 aromatic rings. The van der Waals surface area contributed by atoms with Crippen molar-refractivity contribution < 1.29 is 9.59 Å². The summed E-state index contributed by atoms with van der Waals surface area (Å²) in [7, 11) is 0. The highest BCUT2D eigenvalue weighted by Gasteiger charge is 2.38. The van der Waals surface area contributed by atoms with E-state index in [1.807, 2.05) is 35.2 Å². The first-order chi connectivity index (χ1) is 11.7. The van der Waals surface area contributed by atoms with Crippen molar-refractivity contribution in [3.05, 3.63) is 36.2 Å². The van der Waals surface area contributed by atoms with Gasteiger partial charge in [-0.1, -0.05) is 30.3 Å². The predicted octanol–water partition coefficient (Wildman–Crippen LogP) is 0.751. The third kappa shape index (κ3) is 2.89. The highest BCUT2D eigenvalue weighted by atomic mass is 16.2. The van der Waals surface area contributed by atoms with Crippen molar-refractivity contribution in [2.24, 2.45) is 5.92 Å². The smallest absolute Gasteiger partial charge is 0.230 e. The molecule has 0 aliphatic carbocycles. The van der Waals surface area contributed by atoms with Crippen LogP contribution in [0, 0.1) is 5.92 Å². The quantitative estimate of drug-likeness (QED) is 0.871. The number of hydrogen-bond acceptors (Lipinski definition) is 4. The number of nitrogens with zero attached hydrogens (tertiary/aromatic N) is 3. The van der Waals surface area contributed by atoms with Crippen LogP contribution in [0.2, 0.25) is 0 Å². The van der Waals surface area contributed by atoms with E-state index in [4.69, 9.17) is 0 Å². The molecule has 2 aliphatic rings. The molecule has 0 saturated carbocycles. The lowest BCUT2D eigenvalue weighted by Crippen LogP contribution is -2.49. The third-order valence-electron chi connectivity index (χ3n) is 4.78. The van der Waals surface area contributed by atoms with Crippen LogP contribution in [0.5, 0.6) is 0 Å². The van der Waals surface area contributed by atoms with Crippen molar-refractivity contribution in [3.8, 4) is 11.4 Å². The average Bonchev–Trinajstić information content (AvgIpc) is 3.20. The first-order valence-corrected chi connectivity index (χ1v) is 8.23. The van der Waals surface area contributed by atoms with E-state index >= 15 is 0 Å². The SMILES string of the molecule is O=C1C[C@H]2CCN(C(=O)Cc3nc(-c4ccccc4)n[nH]3)C[C@H]2N1. The van der Waals surface area contributed by atoms with E-state index in [0.29, 0.717) is 37.1 Å². The summed E-state index contributed by atoms with van der Waals surface area (Å²) in [6.07, 6.45) is 1.67. The van der Waals surface area contributed by atoms with Crippen LogP contribution in [-0.2, 0) is 16.0 Å². The first-order valence-electron chi connectivity index (χ1n) is 8.23. The summed E-state index contributed by atoms with van der Waals surface area (Å²) in [6, 6.07) is 9.76. The number of fused-ring (bicyclic) bond motifs is 1. The molecule has 24 heavy (non-hydrogen) atoms. The number of carbonyl (C=O) groups is 2. The molecule has 2 N–H and O–H groups in total. The Morgan fingerprint density at radius 3 is 2.96 bits per heavy atom. The second kappa shape index (κ2) is 6.07. The maximum absolute atomic E-state index is 12.5. The minimum atomic E-state index is 0.0189. The largest absolute Gasteiger partial charge is 0.351 e. The third-order valence-corrected chi connectivity index (χ3v) is 4.78. The molecule has 2 fully saturated rings. The molecule has 0 radical (unpaired) electrons. The number of hydrogen-bond donors (Lipinski definition) is 2. The second-order valence-electron chi connectivity index (χ2n) is 6.42. The summed E-state index contributed by atoms with van der Waals surface area (Å²) in [4.78, 5) is 30.2. The number of carbonyl (C=O) groups excluding carboxylic acids is 2. The first kappa shape index (κ1) is 14.9. The lowest BCUT2D eigenvalue weighted by Gasteiger charge is -2.34. The molecule has 2 amide bonds. The summed E-state index contributed by atoms with van der Waals surface area (Å²) < 4.78 is 0. The fourth-order valence-electron chi connectivity index (χ4n) is 3.48. The van der Waals surface area contributed by atoms with E-state index in [0.717, 1.165) is 12.0 Å². The van der Waals surface area contributed by atoms with E-state index in [2.05, 4.69) is 20.5 Å². The lowest BCUT2D eigenvalue weighted by molar-refractivity contribution is -0.132. The van der Waals surface area contributed by atoms with Gasteiger partial charge < -0.3 is 10.2 Å². The van der Waals surface area contributed by atoms with Crippen LogP contribution in [0.1, 0.15) is 18.7 Å². The maximum atomic E-state index is 12.5. The minimum Gasteiger partial charge on any atom is -0.351 e. The molecule has 2 atom stereocenters. The van der Waals surface area contributed by atoms with Crippen LogP contribution in [0.15, 0.2) is 30.3 Å². The van der Waals surface area contributed by atoms with Crippen molar-refractivity contribution in [2.45, 2.75) is 25.3 Å². The summed E-state index contributed by atoms with van der Waals surface area (Å²) >= 11 is 0. The number of likely N-dealkylation sites (tertiary alicyclic amines) is 1. The van der Waals surface area contributed by atoms with Gasteiger partial charge in [-0.3, -0.25) is 14.7 Å². The van der Waals surface area contributed by atoms with E-state index < -0.39 is 0 Å². The van der Waals surface area contributed by atoms with Gasteiger partial charge in [0.05, 0.1) is 6.42 Å². The Balaban J connectivity index is 1.40. The minimum absolute atomic E-state index is 0.0189. The Labute approximate surface area is 139 Å². The maximum Gasteiger partial charge on any atom is 0.230 e. The van der Waals surface area contributed by atoms with Gasteiger partial charge in [-0.2, -0.15) is 5.10 Å². The fourth-order valence-corrected chi connectivity index (χ4v) is 3.48. The molecule has 3 heterocycles. The highest BCUT2D eigenvalue weighted by Crippen LogP contribution is 2.26. The van der Waals surface area contributed by atoms with Crippen LogP contribution in [0.25, 0.3) is 11.4 Å². The average molecular weight is 325 g/mol. The highest BCUT2D eigenvalue weighted by molar-refractivity contribution is 5.81. The van der Waals surface area contributed by atoms with E-state index in [9.17, 15) is 9.59 Å². The van der Waals surface area contributed by atoms with E-state index in [1.54, 1.807) is 0 Å². The molecule has 0 spiro atoms. The Morgan fingerprint density at radius 1 is 1.29 bits per heavy atom. The van der Waals surface area contributed by atoms with Gasteiger partial charge in [0.2, 0.25) is 11.8 Å². The molecule has 1 aromatic heterocycles. The Kier molecular flexibility index (Phi) is 3.76. The van der Waals surface area contributed by atoms with Gasteiger partial charge in [0.15, 0.2) is 5.82 Å². The van der Waals surface area contributed by atoms with Crippen LogP contribution >= 0.6 is 0 Å². The summed E-state index contributed by atoms with van der Waals surface area (Å²) in [5, 5.41) is 9.99. The van der Waals surface area contributed by atoms with E-state index in [1.165, 1.54) is 0 Å². The lowest BCUT2D eigenvalue weighted by atomic mass is 9.92. The van der Waals surface area contributed by atoms with Gasteiger partial charge in [0, 0.05) is 31.1 Å². The molecule has 4 rings (SSSR count). The number of aromatic amines is 1. The number of aromatic nitrogens is 3. The normalized spacial score (nSPS) is 23.0. The van der Waals surface area contributed by atoms with Gasteiger partial charge in [-0.15, -0.1) is 0 Å². The van der Waals surface area contributed by atoms with Crippen molar-refractivity contribution >= 4 is 11.8 Å². The molecule has 124 valence electrons. The van der Waals surface area contributed by atoms with Crippen molar-refractivity contribution in [1.29, 1.82) is 0 Å². The number of H-pyrrole nitrogens is 1. The number of nitrogens with one attached hydrogen (secondary N) is 2. The van der Waals surface area contributed by atoms with Gasteiger partial charge in [0.1, 0.15) is 5.82 Å². The molecule has 2 aliphatic heterocycles. The predicted molar refractivity (Wildman–Crippen MR) is 86.8 cm³/mol. The van der Waals surface area contributed by atoms with Crippen LogP contribution in [0.3, 0.4) is 0 Å². The van der Waals surface area contributed by atoms with Gasteiger partial charge in [-0.25, -0.2) is 4.98 Å². The van der Waals surface area contributed by atoms with Crippen LogP contribution in [0.4, 0.5) is 0 Å². The summed E-state index contributed by atoms with van der Waals surface area (Å²) in [6.45, 7) is 1.30. The number of benzene rings is 1. The molecular formula is C17H19N5O2. The fraction of sp³-hybridized carbons (Fsp3) is 0.412. The Morgan fingerprint density at radius 2 is 2.12 bits per heavy atom. The molecule has 1 aromatic carbocycles. The van der Waals surface area contributed by atoms with Gasteiger partial charge in [0.25, 0.3) is 0 Å². The molecule has 7 nitrogen and oxygen atoms in total. The van der Waals surface area contributed by atoms with Gasteiger partial charge >= 0.3 is 0 Å². The topological polar surface area (TPSA) is 91.0 Å². The van der Waals surface area contributed by atoms with Crippen LogP contribution < -0.4 is 5.32 Å². The van der Waals surface area contributed by atoms with E-state index in [-0.39, 0.29) is 24.3 Å². The summed E-state index contributed by atoms with van der Waals surface area (Å²) in [5.74, 6) is 1.65. The standard InChI is InChI=1S/C17H19N5O2/c23-15-8-12-6-7-22(10-13(12)18-15)16(24)9-14-19-17(21-20-14)11-4-2-1-3-5-11/h1-5,12-13H,6-10H2,(H,18,23)(H,19,20,21)/t12-,13-/m1/s1. The number of rotatable bonds is 3. The zero-order valence-corrected chi connectivity index (χ0v) is 13.2. The zero-order chi connectivity index (χ0) is 16.5. The van der Waals surface area contributed by atoms with Crippen molar-refractivity contribution in [1.82, 2.24) is 25.4 Å². The van der Waals surface area contributed by atoms with Crippen LogP contribution in [-0.4, -0.2) is 51.0 Å². The van der Waals surface area contributed by atoms with Gasteiger partial charge in [-0.05, 0) is 12.3 Å². The second-order valence-corrected chi connectivity index (χ2v) is 6.42. The monoisotopic (exact) mass is 325 g/mol. The molecule has 0 bridgehead atoms. The molecule has 7 heteroatoms. The molecular weight excluding hydrogens is 306 g/mol. The summed E-state index contributed by atoms with van der Waals surface area (Å²) in [5.41, 5.74) is 0.918.